The molecule has 5 heterocycles. The Bertz CT molecular complexity index is 4490. The third kappa shape index (κ3) is 4.90. The van der Waals surface area contributed by atoms with Crippen LogP contribution in [0.4, 0.5) is 0 Å². The van der Waals surface area contributed by atoms with Gasteiger partial charge in [0, 0.05) is 54.7 Å². The van der Waals surface area contributed by atoms with Gasteiger partial charge < -0.3 is 8.98 Å². The molecule has 0 aliphatic carbocycles. The zero-order valence-corrected chi connectivity index (χ0v) is 33.7. The van der Waals surface area contributed by atoms with Gasteiger partial charge in [0.15, 0.2) is 5.82 Å². The number of hydrogen-bond donors (Lipinski definition) is 0. The number of benzene rings is 9. The molecule has 9 aromatic carbocycles. The monoisotopic (exact) mass is 825 g/mol. The van der Waals surface area contributed by atoms with E-state index in [1.165, 1.54) is 0 Å². The first-order valence-corrected chi connectivity index (χ1v) is 21.0. The molecule has 0 amide bonds. The topological polar surface area (TPSA) is 53.7 Å². The molecule has 64 heavy (non-hydrogen) atoms. The summed E-state index contributed by atoms with van der Waals surface area (Å²) in [5, 5.41) is 5.80. The molecule has 298 valence electrons. The number of para-hydroxylation sites is 8. The van der Waals surface area contributed by atoms with Gasteiger partial charge in [-0.3, -0.25) is 9.13 Å². The molecule has 0 aliphatic rings. The standard InChI is InChI=1S/C58H35N5O/c1-8-27-46-36(17-1)37-18-2-9-28-47(37)61(46)52-33-16-24-43(45-26-15-25-44-42-23-7-14-34-53(42)64-57(44)45)56(52)58-59-54(62-48-29-10-3-19-38(48)39-20-4-11-30-49(39)62)35-55(60-58)63-50-31-12-5-21-40(50)41-22-6-13-32-51(41)63/h1-35H/i3D,5D,10D,12D,19D,21D,29D,31D. The van der Waals surface area contributed by atoms with Crippen LogP contribution in [0.1, 0.15) is 11.0 Å². The molecule has 0 saturated heterocycles. The number of rotatable bonds is 5. The summed E-state index contributed by atoms with van der Waals surface area (Å²) in [5.74, 6) is 0.729. The molecule has 0 radical (unpaired) electrons. The molecule has 5 aromatic heterocycles. The Labute approximate surface area is 377 Å². The van der Waals surface area contributed by atoms with Crippen LogP contribution in [-0.2, 0) is 0 Å². The number of aromatic nitrogens is 5. The van der Waals surface area contributed by atoms with Crippen LogP contribution in [0.3, 0.4) is 0 Å². The highest BCUT2D eigenvalue weighted by molar-refractivity contribution is 6.14. The third-order valence-electron chi connectivity index (χ3n) is 12.6. The molecule has 6 heteroatoms. The summed E-state index contributed by atoms with van der Waals surface area (Å²) in [6, 6.07) is 50.7. The van der Waals surface area contributed by atoms with Crippen molar-refractivity contribution in [2.45, 2.75) is 0 Å². The van der Waals surface area contributed by atoms with Gasteiger partial charge in [-0.05, 0) is 54.0 Å². The van der Waals surface area contributed by atoms with Gasteiger partial charge in [-0.2, -0.15) is 0 Å². The largest absolute Gasteiger partial charge is 0.455 e. The van der Waals surface area contributed by atoms with Gasteiger partial charge in [0.05, 0.1) is 55.3 Å². The Morgan fingerprint density at radius 2 is 0.828 bits per heavy atom. The second-order valence-corrected chi connectivity index (χ2v) is 15.9. The molecular formula is C58H35N5O. The first-order valence-electron chi connectivity index (χ1n) is 25.0. The van der Waals surface area contributed by atoms with Gasteiger partial charge >= 0.3 is 0 Å². The van der Waals surface area contributed by atoms with Crippen molar-refractivity contribution in [2.75, 3.05) is 0 Å². The number of fused-ring (bicyclic) bond motifs is 12. The van der Waals surface area contributed by atoms with E-state index in [0.29, 0.717) is 43.7 Å². The van der Waals surface area contributed by atoms with Crippen molar-refractivity contribution in [3.8, 4) is 39.8 Å². The lowest BCUT2D eigenvalue weighted by atomic mass is 9.95. The lowest BCUT2D eigenvalue weighted by molar-refractivity contribution is 0.670. The first kappa shape index (κ1) is 28.0. The van der Waals surface area contributed by atoms with E-state index in [1.807, 2.05) is 133 Å². The van der Waals surface area contributed by atoms with Crippen LogP contribution in [-0.4, -0.2) is 23.7 Å². The SMILES string of the molecule is [2H]c1c([2H])c([2H])c2c(c1[2H])c1ccccc1n2-c1cc(-n2c3ccccc3c3c([2H])c([2H])c([2H])c([2H])c32)nc(-c2c(-c3cccc4c3oc3ccccc34)cccc2-n2c3ccccc3c3ccccc32)n1. The maximum Gasteiger partial charge on any atom is 0.166 e. The number of furan rings is 1. The summed E-state index contributed by atoms with van der Waals surface area (Å²) in [6.07, 6.45) is 0. The average Bonchev–Trinajstić information content (AvgIpc) is 4.17. The molecule has 14 rings (SSSR count). The number of hydrogen-bond acceptors (Lipinski definition) is 3. The van der Waals surface area contributed by atoms with Crippen LogP contribution in [0.2, 0.25) is 0 Å². The highest BCUT2D eigenvalue weighted by atomic mass is 16.3. The van der Waals surface area contributed by atoms with E-state index in [0.717, 1.165) is 55.0 Å². The quantitative estimate of drug-likeness (QED) is 0.174. The van der Waals surface area contributed by atoms with Crippen LogP contribution < -0.4 is 0 Å². The van der Waals surface area contributed by atoms with Gasteiger partial charge in [-0.1, -0.05) is 158 Å². The van der Waals surface area contributed by atoms with E-state index in [2.05, 4.69) is 28.8 Å². The minimum atomic E-state index is -0.401. The van der Waals surface area contributed by atoms with E-state index < -0.39 is 12.1 Å². The van der Waals surface area contributed by atoms with Gasteiger partial charge in [0.25, 0.3) is 0 Å². The lowest BCUT2D eigenvalue weighted by Gasteiger charge is -2.19. The zero-order valence-electron chi connectivity index (χ0n) is 41.7. The summed E-state index contributed by atoms with van der Waals surface area (Å²) < 4.78 is 85.2. The summed E-state index contributed by atoms with van der Waals surface area (Å²) in [6.45, 7) is 0. The highest BCUT2D eigenvalue weighted by Crippen LogP contribution is 2.45. The van der Waals surface area contributed by atoms with Crippen LogP contribution in [0, 0.1) is 0 Å². The molecule has 0 aliphatic heterocycles. The van der Waals surface area contributed by atoms with Crippen molar-refractivity contribution in [2.24, 2.45) is 0 Å². The molecular weight excluding hydrogens is 783 g/mol. The van der Waals surface area contributed by atoms with Gasteiger partial charge in [0.2, 0.25) is 0 Å². The minimum absolute atomic E-state index is 0.188. The number of nitrogens with zero attached hydrogens (tertiary/aromatic N) is 5. The average molecular weight is 826 g/mol. The van der Waals surface area contributed by atoms with E-state index in [-0.39, 0.29) is 64.7 Å². The Hall–Kier alpha value is -8.74. The molecule has 0 saturated carbocycles. The Kier molecular flexibility index (Phi) is 5.85. The summed E-state index contributed by atoms with van der Waals surface area (Å²) >= 11 is 0. The molecule has 0 atom stereocenters. The molecule has 14 aromatic rings. The van der Waals surface area contributed by atoms with E-state index in [1.54, 1.807) is 15.2 Å². The molecule has 6 nitrogen and oxygen atoms in total. The summed E-state index contributed by atoms with van der Waals surface area (Å²) in [5.41, 5.74) is 7.67. The Morgan fingerprint density at radius 3 is 1.42 bits per heavy atom. The van der Waals surface area contributed by atoms with Crippen molar-refractivity contribution in [3.05, 3.63) is 212 Å². The molecule has 0 spiro atoms. The first-order chi connectivity index (χ1) is 35.1. The minimum Gasteiger partial charge on any atom is -0.455 e. The van der Waals surface area contributed by atoms with Crippen molar-refractivity contribution in [1.29, 1.82) is 0 Å². The zero-order chi connectivity index (χ0) is 48.8. The fourth-order valence-corrected chi connectivity index (χ4v) is 9.90. The third-order valence-corrected chi connectivity index (χ3v) is 12.6. The Balaban J connectivity index is 1.20. The van der Waals surface area contributed by atoms with Crippen molar-refractivity contribution in [1.82, 2.24) is 23.7 Å². The molecule has 0 N–H and O–H groups in total. The molecule has 0 bridgehead atoms. The maximum atomic E-state index is 9.46. The second-order valence-electron chi connectivity index (χ2n) is 15.9. The predicted molar refractivity (Wildman–Crippen MR) is 263 cm³/mol. The normalized spacial score (nSPS) is 13.8. The van der Waals surface area contributed by atoms with E-state index >= 15 is 0 Å². The molecule has 0 fully saturated rings. The summed E-state index contributed by atoms with van der Waals surface area (Å²) in [4.78, 5) is 11.1. The predicted octanol–water partition coefficient (Wildman–Crippen LogP) is 15.0. The summed E-state index contributed by atoms with van der Waals surface area (Å²) in [7, 11) is 0. The van der Waals surface area contributed by atoms with E-state index in [4.69, 9.17) is 19.9 Å². The van der Waals surface area contributed by atoms with Crippen LogP contribution in [0.5, 0.6) is 0 Å². The Morgan fingerprint density at radius 1 is 0.375 bits per heavy atom. The fraction of sp³-hybridized carbons (Fsp3) is 0. The van der Waals surface area contributed by atoms with Crippen molar-refractivity contribution in [3.63, 3.8) is 0 Å². The second kappa shape index (κ2) is 13.4. The van der Waals surface area contributed by atoms with Crippen LogP contribution in [0.15, 0.2) is 217 Å². The smallest absolute Gasteiger partial charge is 0.166 e. The van der Waals surface area contributed by atoms with Crippen LogP contribution >= 0.6 is 0 Å². The van der Waals surface area contributed by atoms with Gasteiger partial charge in [-0.25, -0.2) is 9.97 Å². The highest BCUT2D eigenvalue weighted by Gasteiger charge is 2.26. The molecule has 0 unspecified atom stereocenters. The van der Waals surface area contributed by atoms with Gasteiger partial charge in [0.1, 0.15) is 22.8 Å². The van der Waals surface area contributed by atoms with E-state index in [9.17, 15) is 5.48 Å². The lowest BCUT2D eigenvalue weighted by Crippen LogP contribution is -2.08. The van der Waals surface area contributed by atoms with Crippen LogP contribution in [0.25, 0.3) is 127 Å². The van der Waals surface area contributed by atoms with Crippen molar-refractivity contribution >= 4 is 87.4 Å². The fourth-order valence-electron chi connectivity index (χ4n) is 9.90. The van der Waals surface area contributed by atoms with Gasteiger partial charge in [-0.15, -0.1) is 0 Å². The maximum absolute atomic E-state index is 9.46. The van der Waals surface area contributed by atoms with Crippen molar-refractivity contribution < 1.29 is 15.4 Å².